The Morgan fingerprint density at radius 2 is 1.80 bits per heavy atom. The fourth-order valence-electron chi connectivity index (χ4n) is 2.77. The van der Waals surface area contributed by atoms with E-state index in [9.17, 15) is 0 Å². The molecule has 86 valence electrons. The van der Waals surface area contributed by atoms with Crippen LogP contribution in [0.5, 0.6) is 0 Å². The zero-order chi connectivity index (χ0) is 11.1. The van der Waals surface area contributed by atoms with Crippen molar-refractivity contribution in [3.05, 3.63) is 0 Å². The fourth-order valence-corrected chi connectivity index (χ4v) is 2.77. The zero-order valence-electron chi connectivity index (χ0n) is 10.3. The van der Waals surface area contributed by atoms with Gasteiger partial charge in [0.15, 0.2) is 0 Å². The van der Waals surface area contributed by atoms with E-state index in [1.807, 2.05) is 0 Å². The third kappa shape index (κ3) is 5.23. The highest BCUT2D eigenvalue weighted by molar-refractivity contribution is 4.83. The molecule has 0 saturated heterocycles. The van der Waals surface area contributed by atoms with E-state index in [2.05, 4.69) is 25.1 Å². The molecule has 1 saturated carbocycles. The van der Waals surface area contributed by atoms with E-state index in [1.165, 1.54) is 32.1 Å². The van der Waals surface area contributed by atoms with Crippen molar-refractivity contribution in [3.63, 3.8) is 0 Å². The van der Waals surface area contributed by atoms with Crippen LogP contribution < -0.4 is 5.32 Å². The van der Waals surface area contributed by atoms with Crippen molar-refractivity contribution < 1.29 is 0 Å². The third-order valence-corrected chi connectivity index (χ3v) is 3.36. The maximum Gasteiger partial charge on any atom is 0.00865 e. The number of hydrogen-bond acceptors (Lipinski definition) is 1. The normalized spacial score (nSPS) is 31.1. The molecule has 0 heterocycles. The van der Waals surface area contributed by atoms with E-state index >= 15 is 0 Å². The highest BCUT2D eigenvalue weighted by atomic mass is 14.9. The Balaban J connectivity index is 2.08. The highest BCUT2D eigenvalue weighted by Crippen LogP contribution is 2.28. The van der Waals surface area contributed by atoms with Crippen molar-refractivity contribution in [2.45, 2.75) is 58.4 Å². The van der Waals surface area contributed by atoms with Gasteiger partial charge in [0.2, 0.25) is 0 Å². The lowest BCUT2D eigenvalue weighted by molar-refractivity contribution is 0.239. The second kappa shape index (κ2) is 6.90. The summed E-state index contributed by atoms with van der Waals surface area (Å²) < 4.78 is 0. The van der Waals surface area contributed by atoms with Gasteiger partial charge >= 0.3 is 0 Å². The predicted octanol–water partition coefficient (Wildman–Crippen LogP) is 3.20. The Hall–Kier alpha value is -0.480. The minimum atomic E-state index is 0.759. The second-order valence-electron chi connectivity index (χ2n) is 5.23. The molecule has 1 N–H and O–H groups in total. The van der Waals surface area contributed by atoms with Crippen LogP contribution in [-0.4, -0.2) is 12.6 Å². The number of hydrogen-bond donors (Lipinski definition) is 1. The first-order valence-electron chi connectivity index (χ1n) is 6.39. The number of unbranched alkanes of at least 4 members (excludes halogenated alkanes) is 2. The van der Waals surface area contributed by atoms with E-state index in [4.69, 9.17) is 6.42 Å². The van der Waals surface area contributed by atoms with Crippen LogP contribution in [0, 0.1) is 24.2 Å². The zero-order valence-corrected chi connectivity index (χ0v) is 10.3. The second-order valence-corrected chi connectivity index (χ2v) is 5.23. The van der Waals surface area contributed by atoms with Crippen LogP contribution in [0.15, 0.2) is 0 Å². The Labute approximate surface area is 95.0 Å². The summed E-state index contributed by atoms with van der Waals surface area (Å²) in [6, 6.07) is 0.759. The maximum atomic E-state index is 5.22. The summed E-state index contributed by atoms with van der Waals surface area (Å²) in [5, 5.41) is 3.67. The molecule has 1 nitrogen and oxygen atoms in total. The summed E-state index contributed by atoms with van der Waals surface area (Å²) in [4.78, 5) is 0. The van der Waals surface area contributed by atoms with Gasteiger partial charge in [0.25, 0.3) is 0 Å². The number of nitrogens with one attached hydrogen (secondary N) is 1. The monoisotopic (exact) mass is 207 g/mol. The van der Waals surface area contributed by atoms with Gasteiger partial charge in [0.05, 0.1) is 0 Å². The average molecular weight is 207 g/mol. The topological polar surface area (TPSA) is 12.0 Å². The molecule has 0 aromatic carbocycles. The first-order chi connectivity index (χ1) is 7.22. The minimum Gasteiger partial charge on any atom is -0.314 e. The molecule has 0 spiro atoms. The Morgan fingerprint density at radius 3 is 2.40 bits per heavy atom. The number of terminal acetylenes is 1. The van der Waals surface area contributed by atoms with Crippen LogP contribution in [0.25, 0.3) is 0 Å². The van der Waals surface area contributed by atoms with Crippen molar-refractivity contribution in [1.82, 2.24) is 5.32 Å². The van der Waals surface area contributed by atoms with Crippen LogP contribution >= 0.6 is 0 Å². The molecule has 1 aliphatic carbocycles. The van der Waals surface area contributed by atoms with Gasteiger partial charge in [-0.3, -0.25) is 0 Å². The molecule has 0 aromatic heterocycles. The molecule has 1 heteroatoms. The van der Waals surface area contributed by atoms with Gasteiger partial charge in [-0.1, -0.05) is 13.8 Å². The first kappa shape index (κ1) is 12.6. The molecule has 15 heavy (non-hydrogen) atoms. The van der Waals surface area contributed by atoms with Gasteiger partial charge in [0.1, 0.15) is 0 Å². The molecule has 1 rings (SSSR count). The fraction of sp³-hybridized carbons (Fsp3) is 0.857. The molecule has 0 amide bonds. The van der Waals surface area contributed by atoms with Crippen molar-refractivity contribution in [2.24, 2.45) is 11.8 Å². The van der Waals surface area contributed by atoms with Crippen molar-refractivity contribution in [3.8, 4) is 12.3 Å². The minimum absolute atomic E-state index is 0.759. The summed E-state index contributed by atoms with van der Waals surface area (Å²) in [5.74, 6) is 4.49. The molecular formula is C14H25N. The Bertz CT molecular complexity index is 194. The average Bonchev–Trinajstić information content (AvgIpc) is 2.16. The summed E-state index contributed by atoms with van der Waals surface area (Å²) in [5.41, 5.74) is 0. The summed E-state index contributed by atoms with van der Waals surface area (Å²) in [6.45, 7) is 5.90. The summed E-state index contributed by atoms with van der Waals surface area (Å²) in [7, 11) is 0. The van der Waals surface area contributed by atoms with Crippen LogP contribution in [0.4, 0.5) is 0 Å². The first-order valence-corrected chi connectivity index (χ1v) is 6.39. The standard InChI is InChI=1S/C14H25N/c1-4-5-6-7-8-15-14-10-12(2)9-13(3)11-14/h1,12-15H,5-11H2,2-3H3. The van der Waals surface area contributed by atoms with Gasteiger partial charge in [-0.25, -0.2) is 0 Å². The Kier molecular flexibility index (Phi) is 5.79. The molecule has 0 aliphatic heterocycles. The lowest BCUT2D eigenvalue weighted by Crippen LogP contribution is -2.36. The maximum absolute atomic E-state index is 5.22. The molecule has 2 atom stereocenters. The molecule has 1 fully saturated rings. The molecule has 2 unspecified atom stereocenters. The SMILES string of the molecule is C#CCCCCNC1CC(C)CC(C)C1. The van der Waals surface area contributed by atoms with E-state index in [0.29, 0.717) is 0 Å². The van der Waals surface area contributed by atoms with Gasteiger partial charge in [-0.2, -0.15) is 0 Å². The molecule has 0 radical (unpaired) electrons. The number of rotatable bonds is 5. The highest BCUT2D eigenvalue weighted by Gasteiger charge is 2.22. The molecule has 0 bridgehead atoms. The Morgan fingerprint density at radius 1 is 1.13 bits per heavy atom. The smallest absolute Gasteiger partial charge is 0.00865 e. The van der Waals surface area contributed by atoms with Crippen molar-refractivity contribution in [1.29, 1.82) is 0 Å². The lowest BCUT2D eigenvalue weighted by atomic mass is 9.80. The lowest BCUT2D eigenvalue weighted by Gasteiger charge is -2.32. The summed E-state index contributed by atoms with van der Waals surface area (Å²) >= 11 is 0. The van der Waals surface area contributed by atoms with Gasteiger partial charge in [-0.15, -0.1) is 12.3 Å². The predicted molar refractivity (Wildman–Crippen MR) is 66.7 cm³/mol. The van der Waals surface area contributed by atoms with Crippen molar-refractivity contribution >= 4 is 0 Å². The van der Waals surface area contributed by atoms with Crippen LogP contribution in [0.2, 0.25) is 0 Å². The van der Waals surface area contributed by atoms with Crippen LogP contribution in [0.3, 0.4) is 0 Å². The van der Waals surface area contributed by atoms with E-state index in [0.717, 1.165) is 30.8 Å². The van der Waals surface area contributed by atoms with Crippen LogP contribution in [0.1, 0.15) is 52.4 Å². The largest absolute Gasteiger partial charge is 0.314 e. The third-order valence-electron chi connectivity index (χ3n) is 3.36. The van der Waals surface area contributed by atoms with E-state index < -0.39 is 0 Å². The van der Waals surface area contributed by atoms with Gasteiger partial charge in [0, 0.05) is 12.5 Å². The van der Waals surface area contributed by atoms with Gasteiger partial charge in [-0.05, 0) is 50.5 Å². The quantitative estimate of drug-likeness (QED) is 0.539. The van der Waals surface area contributed by atoms with Crippen molar-refractivity contribution in [2.75, 3.05) is 6.54 Å². The molecule has 0 aromatic rings. The van der Waals surface area contributed by atoms with E-state index in [-0.39, 0.29) is 0 Å². The molecule has 1 aliphatic rings. The molecular weight excluding hydrogens is 182 g/mol. The van der Waals surface area contributed by atoms with Crippen LogP contribution in [-0.2, 0) is 0 Å². The summed E-state index contributed by atoms with van der Waals surface area (Å²) in [6.07, 6.45) is 12.7. The van der Waals surface area contributed by atoms with E-state index in [1.54, 1.807) is 0 Å². The van der Waals surface area contributed by atoms with Gasteiger partial charge < -0.3 is 5.32 Å².